The molecule has 0 heterocycles. The molecule has 25 heavy (non-hydrogen) atoms. The Hall–Kier alpha value is -2.59. The Morgan fingerprint density at radius 2 is 1.40 bits per heavy atom. The molecule has 11 heteroatoms. The van der Waals surface area contributed by atoms with Crippen molar-refractivity contribution in [3.63, 3.8) is 0 Å². The Morgan fingerprint density at radius 1 is 0.920 bits per heavy atom. The number of carbonyl (C=O) groups excluding carboxylic acids is 2. The maximum atomic E-state index is 12.8. The Morgan fingerprint density at radius 3 is 1.76 bits per heavy atom. The normalized spacial score (nSPS) is 12.7. The summed E-state index contributed by atoms with van der Waals surface area (Å²) in [5, 5.41) is 0. The van der Waals surface area contributed by atoms with Gasteiger partial charge in [0.15, 0.2) is 0 Å². The number of esters is 2. The lowest BCUT2D eigenvalue weighted by Crippen LogP contribution is -2.20. The van der Waals surface area contributed by atoms with Crippen LogP contribution in [-0.2, 0) is 31.4 Å². The average Bonchev–Trinajstić information content (AvgIpc) is 2.51. The van der Waals surface area contributed by atoms with E-state index in [1.54, 1.807) is 0 Å². The number of carbonyl (C=O) groups is 2. The molecule has 1 aromatic carbocycles. The number of halogens is 6. The highest BCUT2D eigenvalue weighted by molar-refractivity contribution is 6.39. The molecule has 0 aliphatic rings. The molecule has 0 aromatic heterocycles. The van der Waals surface area contributed by atoms with Gasteiger partial charge in [0.05, 0.1) is 37.5 Å². The first kappa shape index (κ1) is 20.5. The molecule has 0 unspecified atom stereocenters. The predicted molar refractivity (Wildman–Crippen MR) is 72.2 cm³/mol. The smallest absolute Gasteiger partial charge is 0.416 e. The van der Waals surface area contributed by atoms with Crippen molar-refractivity contribution >= 4 is 23.3 Å². The van der Waals surface area contributed by atoms with Crippen LogP contribution in [0.15, 0.2) is 23.2 Å². The lowest BCUT2D eigenvalue weighted by atomic mass is 10.1. The highest BCUT2D eigenvalue weighted by Crippen LogP contribution is 2.38. The van der Waals surface area contributed by atoms with E-state index in [0.29, 0.717) is 12.1 Å². The first-order chi connectivity index (χ1) is 11.4. The molecule has 138 valence electrons. The maximum absolute atomic E-state index is 12.8. The molecule has 0 atom stereocenters. The summed E-state index contributed by atoms with van der Waals surface area (Å²) in [6.45, 7) is 0. The van der Waals surface area contributed by atoms with Crippen molar-refractivity contribution in [3.05, 3.63) is 29.3 Å². The van der Waals surface area contributed by atoms with Crippen LogP contribution in [0.3, 0.4) is 0 Å². The summed E-state index contributed by atoms with van der Waals surface area (Å²) >= 11 is 0. The van der Waals surface area contributed by atoms with Crippen LogP contribution < -0.4 is 0 Å². The van der Waals surface area contributed by atoms with E-state index in [2.05, 4.69) is 14.5 Å². The number of rotatable bonds is 4. The fourth-order valence-electron chi connectivity index (χ4n) is 1.64. The molecular weight excluding hydrogens is 360 g/mol. The van der Waals surface area contributed by atoms with E-state index < -0.39 is 53.2 Å². The number of ether oxygens (including phenoxy) is 2. The lowest BCUT2D eigenvalue weighted by Gasteiger charge is -2.13. The molecule has 0 aliphatic carbocycles. The summed E-state index contributed by atoms with van der Waals surface area (Å²) in [7, 11) is 1.88. The van der Waals surface area contributed by atoms with E-state index in [0.717, 1.165) is 14.2 Å². The van der Waals surface area contributed by atoms with Crippen molar-refractivity contribution < 1.29 is 45.4 Å². The van der Waals surface area contributed by atoms with Gasteiger partial charge >= 0.3 is 24.3 Å². The van der Waals surface area contributed by atoms with Crippen molar-refractivity contribution in [2.45, 2.75) is 18.8 Å². The van der Waals surface area contributed by atoms with Crippen molar-refractivity contribution in [1.29, 1.82) is 0 Å². The zero-order chi connectivity index (χ0) is 19.4. The molecule has 5 nitrogen and oxygen atoms in total. The fraction of sp³-hybridized carbons (Fsp3) is 0.357. The summed E-state index contributed by atoms with van der Waals surface area (Å²) in [6.07, 6.45) is -10.9. The van der Waals surface area contributed by atoms with Crippen molar-refractivity contribution in [1.82, 2.24) is 0 Å². The van der Waals surface area contributed by atoms with Crippen LogP contribution in [0.5, 0.6) is 0 Å². The minimum absolute atomic E-state index is 0.0862. The molecule has 0 amide bonds. The van der Waals surface area contributed by atoms with Crippen LogP contribution in [0.1, 0.15) is 17.5 Å². The van der Waals surface area contributed by atoms with E-state index in [4.69, 9.17) is 0 Å². The number of alkyl halides is 6. The molecule has 0 bridgehead atoms. The maximum Gasteiger partial charge on any atom is 0.416 e. The van der Waals surface area contributed by atoms with Crippen molar-refractivity contribution in [3.8, 4) is 0 Å². The van der Waals surface area contributed by atoms with Crippen molar-refractivity contribution in [2.75, 3.05) is 14.2 Å². The van der Waals surface area contributed by atoms with Crippen LogP contribution in [0.2, 0.25) is 0 Å². The molecule has 0 N–H and O–H groups in total. The first-order valence-corrected chi connectivity index (χ1v) is 6.40. The van der Waals surface area contributed by atoms with Gasteiger partial charge in [-0.1, -0.05) is 0 Å². The quantitative estimate of drug-likeness (QED) is 0.461. The van der Waals surface area contributed by atoms with Crippen LogP contribution >= 0.6 is 0 Å². The number of hydrogen-bond donors (Lipinski definition) is 0. The highest BCUT2D eigenvalue weighted by Gasteiger charge is 2.37. The van der Waals surface area contributed by atoms with Gasteiger partial charge in [-0.3, -0.25) is 4.79 Å². The zero-order valence-corrected chi connectivity index (χ0v) is 12.8. The molecule has 1 rings (SSSR count). The number of nitrogens with zero attached hydrogens (tertiary/aromatic N) is 1. The third kappa shape index (κ3) is 5.76. The molecule has 0 saturated heterocycles. The third-order valence-corrected chi connectivity index (χ3v) is 2.80. The highest BCUT2D eigenvalue weighted by atomic mass is 19.4. The van der Waals surface area contributed by atoms with Gasteiger partial charge < -0.3 is 9.47 Å². The Bertz CT molecular complexity index is 661. The average molecular weight is 371 g/mol. The van der Waals surface area contributed by atoms with Crippen LogP contribution in [-0.4, -0.2) is 31.9 Å². The molecule has 1 aromatic rings. The summed E-state index contributed by atoms with van der Waals surface area (Å²) in [4.78, 5) is 26.1. The minimum atomic E-state index is -5.07. The van der Waals surface area contributed by atoms with Gasteiger partial charge in [-0.05, 0) is 18.2 Å². The van der Waals surface area contributed by atoms with Gasteiger partial charge in [0.25, 0.3) is 0 Å². The van der Waals surface area contributed by atoms with Crippen LogP contribution in [0, 0.1) is 0 Å². The largest absolute Gasteiger partial charge is 0.469 e. The predicted octanol–water partition coefficient (Wildman–Crippen LogP) is 3.53. The standard InChI is InChI=1S/C14H11F6NO4/c1-24-11(22)6-10(12(23)25-2)21-9-4-7(13(15,16)17)3-8(5-9)14(18,19)20/h3-5H,6H2,1-2H3. The summed E-state index contributed by atoms with van der Waals surface area (Å²) in [5.41, 5.74) is -4.74. The molecule has 0 saturated carbocycles. The SMILES string of the molecule is COC(=O)CC(=Nc1cc(C(F)(F)F)cc(C(F)(F)F)c1)C(=O)OC. The third-order valence-electron chi connectivity index (χ3n) is 2.80. The fourth-order valence-corrected chi connectivity index (χ4v) is 1.64. The van der Waals surface area contributed by atoms with Gasteiger partial charge in [-0.25, -0.2) is 9.79 Å². The van der Waals surface area contributed by atoms with Crippen LogP contribution in [0.4, 0.5) is 32.0 Å². The van der Waals surface area contributed by atoms with Gasteiger partial charge in [0.2, 0.25) is 0 Å². The summed E-state index contributed by atoms with van der Waals surface area (Å²) in [6, 6.07) is 0.544. The summed E-state index contributed by atoms with van der Waals surface area (Å²) in [5.74, 6) is -2.18. The molecule has 0 fully saturated rings. The van der Waals surface area contributed by atoms with E-state index in [1.807, 2.05) is 0 Å². The number of hydrogen-bond acceptors (Lipinski definition) is 5. The number of methoxy groups -OCH3 is 2. The van der Waals surface area contributed by atoms with E-state index >= 15 is 0 Å². The van der Waals surface area contributed by atoms with Gasteiger partial charge in [-0.2, -0.15) is 26.3 Å². The molecule has 0 radical (unpaired) electrons. The molecule has 0 spiro atoms. The lowest BCUT2D eigenvalue weighted by molar-refractivity contribution is -0.143. The second kappa shape index (κ2) is 7.53. The van der Waals surface area contributed by atoms with Crippen LogP contribution in [0.25, 0.3) is 0 Å². The van der Waals surface area contributed by atoms with Crippen molar-refractivity contribution in [2.24, 2.45) is 4.99 Å². The minimum Gasteiger partial charge on any atom is -0.469 e. The Labute approximate surface area is 137 Å². The Balaban J connectivity index is 3.50. The number of benzene rings is 1. The first-order valence-electron chi connectivity index (χ1n) is 6.40. The molecular formula is C14H11F6NO4. The van der Waals surface area contributed by atoms with Gasteiger partial charge in [0, 0.05) is 0 Å². The van der Waals surface area contributed by atoms with E-state index in [1.165, 1.54) is 0 Å². The Kier molecular flexibility index (Phi) is 6.16. The van der Waals surface area contributed by atoms with Gasteiger partial charge in [0.1, 0.15) is 5.71 Å². The van der Waals surface area contributed by atoms with E-state index in [-0.39, 0.29) is 6.07 Å². The van der Waals surface area contributed by atoms with E-state index in [9.17, 15) is 35.9 Å². The zero-order valence-electron chi connectivity index (χ0n) is 12.8. The second-order valence-electron chi connectivity index (χ2n) is 4.57. The second-order valence-corrected chi connectivity index (χ2v) is 4.57. The summed E-state index contributed by atoms with van der Waals surface area (Å²) < 4.78 is 85.3. The topological polar surface area (TPSA) is 65.0 Å². The number of aliphatic imine (C=N–C) groups is 1. The van der Waals surface area contributed by atoms with Gasteiger partial charge in [-0.15, -0.1) is 0 Å². The monoisotopic (exact) mass is 371 g/mol. The molecule has 0 aliphatic heterocycles.